The van der Waals surface area contributed by atoms with Crippen LogP contribution in [-0.4, -0.2) is 9.97 Å². The SMILES string of the molecule is Cc1ccc(F)c(Nc2nc(NN)ncc2Br)c1. The minimum Gasteiger partial charge on any atom is -0.337 e. The highest BCUT2D eigenvalue weighted by Crippen LogP contribution is 2.26. The molecule has 18 heavy (non-hydrogen) atoms. The zero-order chi connectivity index (χ0) is 13.1. The van der Waals surface area contributed by atoms with Crippen LogP contribution in [0.1, 0.15) is 5.56 Å². The lowest BCUT2D eigenvalue weighted by atomic mass is 10.2. The topological polar surface area (TPSA) is 75.9 Å². The monoisotopic (exact) mass is 311 g/mol. The van der Waals surface area contributed by atoms with Crippen molar-refractivity contribution in [1.82, 2.24) is 9.97 Å². The Morgan fingerprint density at radius 2 is 2.17 bits per heavy atom. The van der Waals surface area contributed by atoms with Crippen LogP contribution in [0.2, 0.25) is 0 Å². The van der Waals surface area contributed by atoms with Gasteiger partial charge in [0.1, 0.15) is 5.82 Å². The second kappa shape index (κ2) is 5.28. The summed E-state index contributed by atoms with van der Waals surface area (Å²) in [5.41, 5.74) is 3.62. The predicted molar refractivity (Wildman–Crippen MR) is 72.0 cm³/mol. The van der Waals surface area contributed by atoms with Crippen LogP contribution in [-0.2, 0) is 0 Å². The van der Waals surface area contributed by atoms with Gasteiger partial charge in [-0.2, -0.15) is 4.98 Å². The molecule has 1 heterocycles. The largest absolute Gasteiger partial charge is 0.337 e. The first-order valence-corrected chi connectivity index (χ1v) is 5.92. The number of nitrogens with one attached hydrogen (secondary N) is 2. The standard InChI is InChI=1S/C11H11BrFN5/c1-6-2-3-8(13)9(4-6)16-10-7(12)5-15-11(17-10)18-14/h2-5H,14H2,1H3,(H2,15,16,17,18). The van der Waals surface area contributed by atoms with E-state index in [1.165, 1.54) is 12.3 Å². The van der Waals surface area contributed by atoms with Crippen LogP contribution >= 0.6 is 15.9 Å². The number of anilines is 3. The van der Waals surface area contributed by atoms with E-state index in [9.17, 15) is 4.39 Å². The van der Waals surface area contributed by atoms with E-state index in [0.717, 1.165) is 5.56 Å². The molecule has 0 aliphatic carbocycles. The second-order valence-corrected chi connectivity index (χ2v) is 4.50. The van der Waals surface area contributed by atoms with E-state index in [1.807, 2.05) is 6.92 Å². The summed E-state index contributed by atoms with van der Waals surface area (Å²) in [5, 5.41) is 2.89. The van der Waals surface area contributed by atoms with E-state index in [1.54, 1.807) is 12.1 Å². The quantitative estimate of drug-likeness (QED) is 0.600. The smallest absolute Gasteiger partial charge is 0.239 e. The summed E-state index contributed by atoms with van der Waals surface area (Å²) in [5.74, 6) is 5.55. The molecular formula is C11H11BrFN5. The third-order valence-corrected chi connectivity index (χ3v) is 2.83. The van der Waals surface area contributed by atoms with Gasteiger partial charge in [0.25, 0.3) is 0 Å². The third-order valence-electron chi connectivity index (χ3n) is 2.25. The summed E-state index contributed by atoms with van der Waals surface area (Å²) in [6.07, 6.45) is 1.53. The molecule has 0 amide bonds. The number of nitrogen functional groups attached to an aromatic ring is 1. The maximum Gasteiger partial charge on any atom is 0.239 e. The third kappa shape index (κ3) is 2.74. The molecule has 0 fully saturated rings. The lowest BCUT2D eigenvalue weighted by Crippen LogP contribution is -2.11. The van der Waals surface area contributed by atoms with Crippen molar-refractivity contribution < 1.29 is 4.39 Å². The lowest BCUT2D eigenvalue weighted by molar-refractivity contribution is 0.631. The summed E-state index contributed by atoms with van der Waals surface area (Å²) >= 11 is 3.28. The Hall–Kier alpha value is -1.73. The molecule has 0 spiro atoms. The number of aryl methyl sites for hydroxylation is 1. The van der Waals surface area contributed by atoms with Crippen molar-refractivity contribution in [3.63, 3.8) is 0 Å². The van der Waals surface area contributed by atoms with Gasteiger partial charge in [-0.25, -0.2) is 15.2 Å². The molecule has 0 bridgehead atoms. The summed E-state index contributed by atoms with van der Waals surface area (Å²) in [4.78, 5) is 8.00. The first-order chi connectivity index (χ1) is 8.60. The predicted octanol–water partition coefficient (Wildman–Crippen LogP) is 2.72. The molecule has 0 saturated carbocycles. The maximum absolute atomic E-state index is 13.6. The zero-order valence-corrected chi connectivity index (χ0v) is 11.1. The molecule has 0 atom stereocenters. The average molecular weight is 312 g/mol. The molecule has 2 aromatic rings. The Bertz CT molecular complexity index is 575. The van der Waals surface area contributed by atoms with Gasteiger partial charge in [0.15, 0.2) is 5.82 Å². The van der Waals surface area contributed by atoms with Crippen molar-refractivity contribution >= 4 is 33.4 Å². The lowest BCUT2D eigenvalue weighted by Gasteiger charge is -2.10. The molecule has 1 aromatic heterocycles. The molecule has 0 saturated heterocycles. The molecule has 0 unspecified atom stereocenters. The van der Waals surface area contributed by atoms with Crippen molar-refractivity contribution in [3.8, 4) is 0 Å². The minimum absolute atomic E-state index is 0.244. The molecule has 5 nitrogen and oxygen atoms in total. The number of hydrogen-bond donors (Lipinski definition) is 3. The molecule has 94 valence electrons. The van der Waals surface area contributed by atoms with Gasteiger partial charge in [-0.05, 0) is 40.5 Å². The van der Waals surface area contributed by atoms with Crippen molar-refractivity contribution in [2.75, 3.05) is 10.7 Å². The molecule has 1 aromatic carbocycles. The Labute approximate surface area is 112 Å². The number of halogens is 2. The van der Waals surface area contributed by atoms with Gasteiger partial charge < -0.3 is 5.32 Å². The van der Waals surface area contributed by atoms with Crippen molar-refractivity contribution in [2.45, 2.75) is 6.92 Å². The highest BCUT2D eigenvalue weighted by molar-refractivity contribution is 9.10. The molecular weight excluding hydrogens is 301 g/mol. The molecule has 0 aliphatic rings. The van der Waals surface area contributed by atoms with Crippen molar-refractivity contribution in [2.24, 2.45) is 5.84 Å². The highest BCUT2D eigenvalue weighted by Gasteiger charge is 2.08. The van der Waals surface area contributed by atoms with Gasteiger partial charge in [0.2, 0.25) is 5.95 Å². The average Bonchev–Trinajstić information content (AvgIpc) is 2.36. The highest BCUT2D eigenvalue weighted by atomic mass is 79.9. The van der Waals surface area contributed by atoms with Gasteiger partial charge in [-0.15, -0.1) is 0 Å². The van der Waals surface area contributed by atoms with Gasteiger partial charge >= 0.3 is 0 Å². The number of benzene rings is 1. The Morgan fingerprint density at radius 3 is 2.89 bits per heavy atom. The first-order valence-electron chi connectivity index (χ1n) is 5.12. The van der Waals surface area contributed by atoms with Gasteiger partial charge in [-0.3, -0.25) is 5.43 Å². The van der Waals surface area contributed by atoms with Crippen LogP contribution in [0.5, 0.6) is 0 Å². The van der Waals surface area contributed by atoms with Crippen molar-refractivity contribution in [1.29, 1.82) is 0 Å². The maximum atomic E-state index is 13.6. The van der Waals surface area contributed by atoms with E-state index < -0.39 is 0 Å². The van der Waals surface area contributed by atoms with E-state index in [4.69, 9.17) is 5.84 Å². The molecule has 7 heteroatoms. The Morgan fingerprint density at radius 1 is 1.39 bits per heavy atom. The van der Waals surface area contributed by atoms with Gasteiger partial charge in [0, 0.05) is 6.20 Å². The minimum atomic E-state index is -0.353. The zero-order valence-electron chi connectivity index (χ0n) is 9.54. The molecule has 0 aliphatic heterocycles. The number of hydrogen-bond acceptors (Lipinski definition) is 5. The Kier molecular flexibility index (Phi) is 3.73. The number of aromatic nitrogens is 2. The van der Waals surface area contributed by atoms with E-state index in [-0.39, 0.29) is 11.8 Å². The number of hydrazine groups is 1. The number of nitrogens with two attached hydrogens (primary N) is 1. The van der Waals surface area contributed by atoms with Crippen LogP contribution in [0.4, 0.5) is 21.8 Å². The molecule has 0 radical (unpaired) electrons. The van der Waals surface area contributed by atoms with Crippen LogP contribution < -0.4 is 16.6 Å². The number of nitrogens with zero attached hydrogens (tertiary/aromatic N) is 2. The fourth-order valence-electron chi connectivity index (χ4n) is 1.39. The van der Waals surface area contributed by atoms with E-state index in [2.05, 4.69) is 36.6 Å². The van der Waals surface area contributed by atoms with Gasteiger partial charge in [0.05, 0.1) is 10.2 Å². The summed E-state index contributed by atoms with van der Waals surface area (Å²) < 4.78 is 14.2. The Balaban J connectivity index is 2.36. The normalized spacial score (nSPS) is 10.2. The summed E-state index contributed by atoms with van der Waals surface area (Å²) in [6.45, 7) is 1.88. The van der Waals surface area contributed by atoms with Crippen LogP contribution in [0.25, 0.3) is 0 Å². The fourth-order valence-corrected chi connectivity index (χ4v) is 1.68. The number of rotatable bonds is 3. The molecule has 2 rings (SSSR count). The van der Waals surface area contributed by atoms with E-state index >= 15 is 0 Å². The second-order valence-electron chi connectivity index (χ2n) is 3.64. The van der Waals surface area contributed by atoms with Crippen molar-refractivity contribution in [3.05, 3.63) is 40.2 Å². The van der Waals surface area contributed by atoms with Crippen LogP contribution in [0.3, 0.4) is 0 Å². The first kappa shape index (κ1) is 12.7. The van der Waals surface area contributed by atoms with Crippen LogP contribution in [0, 0.1) is 12.7 Å². The summed E-state index contributed by atoms with van der Waals surface area (Å²) in [7, 11) is 0. The van der Waals surface area contributed by atoms with Crippen LogP contribution in [0.15, 0.2) is 28.9 Å². The molecule has 4 N–H and O–H groups in total. The fraction of sp³-hybridized carbons (Fsp3) is 0.0909. The van der Waals surface area contributed by atoms with E-state index in [0.29, 0.717) is 16.0 Å². The van der Waals surface area contributed by atoms with Gasteiger partial charge in [-0.1, -0.05) is 6.07 Å². The summed E-state index contributed by atoms with van der Waals surface area (Å²) in [6, 6.07) is 4.79.